The summed E-state index contributed by atoms with van der Waals surface area (Å²) >= 11 is 5.88. The lowest BCUT2D eigenvalue weighted by Crippen LogP contribution is -2.24. The molecule has 0 heterocycles. The van der Waals surface area contributed by atoms with Gasteiger partial charge in [0, 0.05) is 11.1 Å². The van der Waals surface area contributed by atoms with Crippen LogP contribution >= 0.6 is 11.6 Å². The standard InChI is InChI=1S/C18H13ClFN3O/c19-15-6-2-5-13(16(15)20)12-4-1-3-10-7-8-11(9-14(10)12)17(24)23-18(21)22/h1-9H,(H4,21,22,23,24). The predicted molar refractivity (Wildman–Crippen MR) is 94.5 cm³/mol. The van der Waals surface area contributed by atoms with Crippen LogP contribution in [-0.4, -0.2) is 11.9 Å². The molecular formula is C18H13ClFN3O. The molecule has 0 aliphatic heterocycles. The van der Waals surface area contributed by atoms with Gasteiger partial charge in [0.25, 0.3) is 5.91 Å². The Kier molecular flexibility index (Phi) is 4.18. The molecule has 0 aliphatic carbocycles. The highest BCUT2D eigenvalue weighted by Gasteiger charge is 2.13. The SMILES string of the molecule is NC(N)=NC(=O)c1ccc2cccc(-c3cccc(Cl)c3F)c2c1. The third-order valence-corrected chi connectivity index (χ3v) is 3.89. The number of benzene rings is 3. The van der Waals surface area contributed by atoms with E-state index in [1.807, 2.05) is 12.1 Å². The summed E-state index contributed by atoms with van der Waals surface area (Å²) in [5, 5.41) is 1.60. The number of hydrogen-bond acceptors (Lipinski definition) is 1. The Morgan fingerprint density at radius 2 is 1.71 bits per heavy atom. The highest BCUT2D eigenvalue weighted by atomic mass is 35.5. The Bertz CT molecular complexity index is 981. The van der Waals surface area contributed by atoms with Crippen LogP contribution in [-0.2, 0) is 0 Å². The first-order valence-corrected chi connectivity index (χ1v) is 7.46. The second kappa shape index (κ2) is 6.29. The number of fused-ring (bicyclic) bond motifs is 1. The zero-order chi connectivity index (χ0) is 17.3. The molecule has 0 aromatic heterocycles. The number of guanidine groups is 1. The van der Waals surface area contributed by atoms with Crippen molar-refractivity contribution in [3.63, 3.8) is 0 Å². The van der Waals surface area contributed by atoms with Crippen molar-refractivity contribution in [2.24, 2.45) is 16.5 Å². The van der Waals surface area contributed by atoms with Gasteiger partial charge in [-0.05, 0) is 34.5 Å². The summed E-state index contributed by atoms with van der Waals surface area (Å²) in [5.41, 5.74) is 11.8. The third kappa shape index (κ3) is 2.94. The van der Waals surface area contributed by atoms with Crippen LogP contribution in [0, 0.1) is 5.82 Å². The minimum Gasteiger partial charge on any atom is -0.370 e. The van der Waals surface area contributed by atoms with Gasteiger partial charge in [0.15, 0.2) is 5.96 Å². The molecule has 120 valence electrons. The van der Waals surface area contributed by atoms with E-state index in [-0.39, 0.29) is 11.0 Å². The summed E-state index contributed by atoms with van der Waals surface area (Å²) in [6.07, 6.45) is 0. The number of rotatable bonds is 2. The summed E-state index contributed by atoms with van der Waals surface area (Å²) in [7, 11) is 0. The van der Waals surface area contributed by atoms with E-state index in [1.165, 1.54) is 6.07 Å². The molecule has 1 amide bonds. The molecule has 3 aromatic carbocycles. The van der Waals surface area contributed by atoms with Crippen LogP contribution < -0.4 is 11.5 Å². The Morgan fingerprint density at radius 1 is 1.00 bits per heavy atom. The lowest BCUT2D eigenvalue weighted by atomic mass is 9.96. The van der Waals surface area contributed by atoms with Gasteiger partial charge in [-0.3, -0.25) is 4.79 Å². The fourth-order valence-electron chi connectivity index (χ4n) is 2.53. The van der Waals surface area contributed by atoms with Crippen molar-refractivity contribution in [1.82, 2.24) is 0 Å². The maximum atomic E-state index is 14.4. The molecule has 0 fully saturated rings. The monoisotopic (exact) mass is 341 g/mol. The van der Waals surface area contributed by atoms with Crippen LogP contribution in [0.1, 0.15) is 10.4 Å². The van der Waals surface area contributed by atoms with Gasteiger partial charge in [-0.2, -0.15) is 4.99 Å². The molecule has 24 heavy (non-hydrogen) atoms. The van der Waals surface area contributed by atoms with Gasteiger partial charge in [0.05, 0.1) is 5.02 Å². The molecule has 4 N–H and O–H groups in total. The van der Waals surface area contributed by atoms with Crippen LogP contribution in [0.4, 0.5) is 4.39 Å². The molecule has 0 aliphatic rings. The molecule has 0 radical (unpaired) electrons. The topological polar surface area (TPSA) is 81.5 Å². The molecule has 0 bridgehead atoms. The molecule has 6 heteroatoms. The van der Waals surface area contributed by atoms with Gasteiger partial charge >= 0.3 is 0 Å². The van der Waals surface area contributed by atoms with E-state index in [2.05, 4.69) is 4.99 Å². The van der Waals surface area contributed by atoms with Gasteiger partial charge in [0.1, 0.15) is 5.82 Å². The smallest absolute Gasteiger partial charge is 0.280 e. The highest BCUT2D eigenvalue weighted by Crippen LogP contribution is 2.33. The number of carbonyl (C=O) groups excluding carboxylic acids is 1. The second-order valence-electron chi connectivity index (χ2n) is 5.18. The summed E-state index contributed by atoms with van der Waals surface area (Å²) < 4.78 is 14.4. The van der Waals surface area contributed by atoms with Crippen molar-refractivity contribution in [2.75, 3.05) is 0 Å². The molecule has 0 spiro atoms. The molecule has 3 rings (SSSR count). The normalized spacial score (nSPS) is 10.6. The van der Waals surface area contributed by atoms with E-state index in [1.54, 1.807) is 36.4 Å². The summed E-state index contributed by atoms with van der Waals surface area (Å²) in [6, 6.07) is 15.3. The minimum absolute atomic E-state index is 0.0391. The molecule has 3 aromatic rings. The van der Waals surface area contributed by atoms with Crippen LogP contribution in [0.2, 0.25) is 5.02 Å². The molecular weight excluding hydrogens is 329 g/mol. The summed E-state index contributed by atoms with van der Waals surface area (Å²) in [4.78, 5) is 15.6. The van der Waals surface area contributed by atoms with E-state index >= 15 is 0 Å². The van der Waals surface area contributed by atoms with Crippen LogP contribution in [0.3, 0.4) is 0 Å². The maximum Gasteiger partial charge on any atom is 0.280 e. The number of nitrogens with zero attached hydrogens (tertiary/aromatic N) is 1. The number of amides is 1. The van der Waals surface area contributed by atoms with E-state index < -0.39 is 11.7 Å². The molecule has 4 nitrogen and oxygen atoms in total. The van der Waals surface area contributed by atoms with Crippen molar-refractivity contribution < 1.29 is 9.18 Å². The Morgan fingerprint density at radius 3 is 2.46 bits per heavy atom. The first-order chi connectivity index (χ1) is 11.5. The van der Waals surface area contributed by atoms with Gasteiger partial charge in [-0.25, -0.2) is 4.39 Å². The highest BCUT2D eigenvalue weighted by molar-refractivity contribution is 6.31. The van der Waals surface area contributed by atoms with Gasteiger partial charge < -0.3 is 11.5 Å². The van der Waals surface area contributed by atoms with Crippen LogP contribution in [0.25, 0.3) is 21.9 Å². The number of hydrogen-bond donors (Lipinski definition) is 2. The third-order valence-electron chi connectivity index (χ3n) is 3.60. The van der Waals surface area contributed by atoms with Gasteiger partial charge in [0.2, 0.25) is 0 Å². The average molecular weight is 342 g/mol. The quantitative estimate of drug-likeness (QED) is 0.550. The molecule has 0 atom stereocenters. The number of nitrogens with two attached hydrogens (primary N) is 2. The maximum absolute atomic E-state index is 14.4. The molecule has 0 saturated heterocycles. The molecule has 0 saturated carbocycles. The Hall–Kier alpha value is -2.92. The minimum atomic E-state index is -0.557. The number of carbonyl (C=O) groups is 1. The van der Waals surface area contributed by atoms with Crippen molar-refractivity contribution in [3.8, 4) is 11.1 Å². The van der Waals surface area contributed by atoms with Crippen molar-refractivity contribution in [3.05, 3.63) is 71.0 Å². The van der Waals surface area contributed by atoms with Crippen molar-refractivity contribution >= 4 is 34.2 Å². The largest absolute Gasteiger partial charge is 0.370 e. The zero-order valence-corrected chi connectivity index (χ0v) is 13.2. The number of aliphatic imine (C=N–C) groups is 1. The van der Waals surface area contributed by atoms with E-state index in [0.717, 1.165) is 5.39 Å². The zero-order valence-electron chi connectivity index (χ0n) is 12.5. The lowest BCUT2D eigenvalue weighted by molar-refractivity contribution is 0.100. The first-order valence-electron chi connectivity index (χ1n) is 7.08. The summed E-state index contributed by atoms with van der Waals surface area (Å²) in [6.45, 7) is 0. The van der Waals surface area contributed by atoms with E-state index in [9.17, 15) is 9.18 Å². The van der Waals surface area contributed by atoms with Gasteiger partial charge in [-0.15, -0.1) is 0 Å². The predicted octanol–water partition coefficient (Wildman–Crippen LogP) is 3.71. The lowest BCUT2D eigenvalue weighted by Gasteiger charge is -2.10. The second-order valence-corrected chi connectivity index (χ2v) is 5.59. The van der Waals surface area contributed by atoms with Crippen molar-refractivity contribution in [2.45, 2.75) is 0 Å². The Balaban J connectivity index is 2.24. The Labute approximate surface area is 142 Å². The average Bonchev–Trinajstić information content (AvgIpc) is 2.56. The first kappa shape index (κ1) is 16.0. The van der Waals surface area contributed by atoms with E-state index in [0.29, 0.717) is 22.1 Å². The van der Waals surface area contributed by atoms with Crippen molar-refractivity contribution in [1.29, 1.82) is 0 Å². The van der Waals surface area contributed by atoms with Crippen LogP contribution in [0.15, 0.2) is 59.6 Å². The van der Waals surface area contributed by atoms with Crippen LogP contribution in [0.5, 0.6) is 0 Å². The van der Waals surface area contributed by atoms with Gasteiger partial charge in [-0.1, -0.05) is 48.0 Å². The fourth-order valence-corrected chi connectivity index (χ4v) is 2.71. The summed E-state index contributed by atoms with van der Waals surface area (Å²) in [5.74, 6) is -1.37. The van der Waals surface area contributed by atoms with E-state index in [4.69, 9.17) is 23.1 Å². The molecule has 0 unspecified atom stereocenters. The number of halogens is 2. The fraction of sp³-hybridized carbons (Fsp3) is 0.